The summed E-state index contributed by atoms with van der Waals surface area (Å²) in [5.41, 5.74) is 2.48. The third kappa shape index (κ3) is 3.37. The van der Waals surface area contributed by atoms with Crippen molar-refractivity contribution in [3.63, 3.8) is 0 Å². The molecular formula is C24H27GeN. The van der Waals surface area contributed by atoms with E-state index in [-0.39, 0.29) is 24.2 Å². The second-order valence-corrected chi connectivity index (χ2v) is 16.9. The zero-order chi connectivity index (χ0) is 21.5. The Labute approximate surface area is 165 Å². The van der Waals surface area contributed by atoms with Gasteiger partial charge >= 0.3 is 165 Å². The molecule has 0 saturated heterocycles. The molecule has 0 unspecified atom stereocenters. The second kappa shape index (κ2) is 7.40. The SMILES string of the molecule is [2H]c1cc(-c2cc(C3CCCC3)[c]([Ge]([CH3])([CH3])[c]3ccccc3)cn2)c([2H])c([2H])c1[2H]. The normalized spacial score (nSPS) is 17.5. The van der Waals surface area contributed by atoms with Crippen molar-refractivity contribution in [2.24, 2.45) is 0 Å². The number of hydrogen-bond donors (Lipinski definition) is 0. The molecule has 0 radical (unpaired) electrons. The fraction of sp³-hybridized carbons (Fsp3) is 0.292. The van der Waals surface area contributed by atoms with E-state index in [2.05, 4.69) is 47.9 Å². The minimum absolute atomic E-state index is 0.0162. The van der Waals surface area contributed by atoms with Crippen LogP contribution in [-0.2, 0) is 0 Å². The zero-order valence-electron chi connectivity index (χ0n) is 19.5. The van der Waals surface area contributed by atoms with Crippen LogP contribution in [0.5, 0.6) is 0 Å². The standard InChI is InChI=1S/C24H27GeN/c1-25(2,21-15-7-4-8-16-21)23-18-26-24(20-13-5-3-6-14-20)17-22(23)19-11-9-10-12-19/h3-8,13-19H,9-12H2,1-2H3/i3D,5D,6D,13D. The van der Waals surface area contributed by atoms with E-state index in [9.17, 15) is 0 Å². The van der Waals surface area contributed by atoms with Crippen LogP contribution in [0, 0.1) is 0 Å². The van der Waals surface area contributed by atoms with E-state index in [4.69, 9.17) is 10.5 Å². The molecule has 0 amide bonds. The van der Waals surface area contributed by atoms with Gasteiger partial charge in [-0.3, -0.25) is 0 Å². The quantitative estimate of drug-likeness (QED) is 0.541. The Morgan fingerprint density at radius 2 is 1.77 bits per heavy atom. The summed E-state index contributed by atoms with van der Waals surface area (Å²) < 4.78 is 35.0. The van der Waals surface area contributed by atoms with Crippen LogP contribution >= 0.6 is 0 Å². The average Bonchev–Trinajstić information content (AvgIpc) is 3.30. The third-order valence-electron chi connectivity index (χ3n) is 5.72. The first-order chi connectivity index (χ1) is 14.3. The van der Waals surface area contributed by atoms with Gasteiger partial charge in [-0.05, 0) is 0 Å². The van der Waals surface area contributed by atoms with Gasteiger partial charge in [0.2, 0.25) is 0 Å². The zero-order valence-corrected chi connectivity index (χ0v) is 17.6. The summed E-state index contributed by atoms with van der Waals surface area (Å²) in [5, 5.41) is 0. The molecule has 0 N–H and O–H groups in total. The predicted molar refractivity (Wildman–Crippen MR) is 114 cm³/mol. The van der Waals surface area contributed by atoms with Crippen LogP contribution in [0.4, 0.5) is 0 Å². The van der Waals surface area contributed by atoms with Crippen LogP contribution in [0.25, 0.3) is 11.3 Å². The maximum absolute atomic E-state index is 8.34. The summed E-state index contributed by atoms with van der Waals surface area (Å²) in [6.45, 7) is 0. The Kier molecular flexibility index (Phi) is 3.79. The number of rotatable bonds is 4. The van der Waals surface area contributed by atoms with Gasteiger partial charge in [0.05, 0.1) is 0 Å². The van der Waals surface area contributed by atoms with Crippen LogP contribution in [0.2, 0.25) is 11.5 Å². The Balaban J connectivity index is 1.89. The molecule has 132 valence electrons. The average molecular weight is 406 g/mol. The van der Waals surface area contributed by atoms with E-state index >= 15 is 0 Å². The van der Waals surface area contributed by atoms with Crippen LogP contribution in [0.15, 0.2) is 72.8 Å². The molecule has 0 spiro atoms. The van der Waals surface area contributed by atoms with Crippen molar-refractivity contribution >= 4 is 22.1 Å². The molecular weight excluding hydrogens is 375 g/mol. The van der Waals surface area contributed by atoms with Gasteiger partial charge in [0.1, 0.15) is 0 Å². The number of hydrogen-bond acceptors (Lipinski definition) is 1. The molecule has 1 fully saturated rings. The molecule has 0 atom stereocenters. The van der Waals surface area contributed by atoms with Gasteiger partial charge < -0.3 is 0 Å². The molecule has 1 aromatic heterocycles. The fourth-order valence-corrected chi connectivity index (χ4v) is 9.85. The monoisotopic (exact) mass is 407 g/mol. The van der Waals surface area contributed by atoms with Crippen molar-refractivity contribution in [3.8, 4) is 11.3 Å². The summed E-state index contributed by atoms with van der Waals surface area (Å²) in [5.74, 6) is 5.34. The molecule has 1 aliphatic rings. The number of benzene rings is 2. The summed E-state index contributed by atoms with van der Waals surface area (Å²) >= 11 is -2.56. The molecule has 1 saturated carbocycles. The maximum atomic E-state index is 8.34. The predicted octanol–water partition coefficient (Wildman–Crippen LogP) is 5.23. The van der Waals surface area contributed by atoms with Gasteiger partial charge in [-0.15, -0.1) is 0 Å². The fourth-order valence-electron chi connectivity index (χ4n) is 4.14. The van der Waals surface area contributed by atoms with Crippen LogP contribution < -0.4 is 8.79 Å². The summed E-state index contributed by atoms with van der Waals surface area (Å²) in [6.07, 6.45) is 6.85. The van der Waals surface area contributed by atoms with E-state index in [0.29, 0.717) is 17.2 Å². The number of aromatic nitrogens is 1. The Bertz CT molecular complexity index is 1080. The van der Waals surface area contributed by atoms with Gasteiger partial charge in [0.25, 0.3) is 0 Å². The third-order valence-corrected chi connectivity index (χ3v) is 13.2. The molecule has 1 heterocycles. The van der Waals surface area contributed by atoms with Crippen molar-refractivity contribution in [2.45, 2.75) is 43.1 Å². The van der Waals surface area contributed by atoms with Crippen LogP contribution in [-0.4, -0.2) is 18.3 Å². The Morgan fingerprint density at radius 1 is 1.00 bits per heavy atom. The van der Waals surface area contributed by atoms with E-state index in [1.807, 2.05) is 6.20 Å². The van der Waals surface area contributed by atoms with Crippen molar-refractivity contribution in [1.82, 2.24) is 4.98 Å². The first-order valence-corrected chi connectivity index (χ1v) is 15.7. The van der Waals surface area contributed by atoms with E-state index in [1.54, 1.807) is 0 Å². The van der Waals surface area contributed by atoms with Crippen LogP contribution in [0.1, 0.15) is 42.6 Å². The Hall–Kier alpha value is -1.87. The number of pyridine rings is 1. The molecule has 2 heteroatoms. The topological polar surface area (TPSA) is 12.9 Å². The van der Waals surface area contributed by atoms with Crippen molar-refractivity contribution in [3.05, 3.63) is 78.4 Å². The molecule has 4 rings (SSSR count). The summed E-state index contributed by atoms with van der Waals surface area (Å²) in [6, 6.07) is 14.0. The van der Waals surface area contributed by atoms with E-state index in [1.165, 1.54) is 46.1 Å². The van der Waals surface area contributed by atoms with Gasteiger partial charge in [-0.1, -0.05) is 0 Å². The second-order valence-electron chi connectivity index (χ2n) is 7.71. The molecule has 1 nitrogen and oxygen atoms in total. The van der Waals surface area contributed by atoms with Crippen molar-refractivity contribution in [1.29, 1.82) is 0 Å². The van der Waals surface area contributed by atoms with Crippen molar-refractivity contribution < 1.29 is 5.48 Å². The minimum atomic E-state index is -2.56. The molecule has 0 bridgehead atoms. The van der Waals surface area contributed by atoms with Gasteiger partial charge in [-0.25, -0.2) is 0 Å². The molecule has 2 aromatic carbocycles. The molecule has 1 aliphatic carbocycles. The van der Waals surface area contributed by atoms with Gasteiger partial charge in [0.15, 0.2) is 0 Å². The first kappa shape index (κ1) is 13.3. The van der Waals surface area contributed by atoms with Gasteiger partial charge in [0, 0.05) is 0 Å². The summed E-state index contributed by atoms with van der Waals surface area (Å²) in [7, 11) is 0. The number of nitrogens with zero attached hydrogens (tertiary/aromatic N) is 1. The first-order valence-electron chi connectivity index (χ1n) is 11.4. The van der Waals surface area contributed by atoms with Gasteiger partial charge in [-0.2, -0.15) is 0 Å². The molecule has 26 heavy (non-hydrogen) atoms. The van der Waals surface area contributed by atoms with E-state index in [0.717, 1.165) is 0 Å². The molecule has 3 aromatic rings. The van der Waals surface area contributed by atoms with Crippen LogP contribution in [0.3, 0.4) is 0 Å². The van der Waals surface area contributed by atoms with E-state index < -0.39 is 13.3 Å². The Morgan fingerprint density at radius 3 is 2.54 bits per heavy atom. The van der Waals surface area contributed by atoms with Crippen molar-refractivity contribution in [2.75, 3.05) is 0 Å². The molecule has 0 aliphatic heterocycles. The summed E-state index contributed by atoms with van der Waals surface area (Å²) in [4.78, 5) is 4.74.